The van der Waals surface area contributed by atoms with Gasteiger partial charge in [-0.05, 0) is 110 Å². The molecule has 0 bridgehead atoms. The van der Waals surface area contributed by atoms with Crippen molar-refractivity contribution >= 4 is 39.0 Å². The fourth-order valence-corrected chi connectivity index (χ4v) is 9.97. The lowest BCUT2D eigenvalue weighted by Gasteiger charge is -2.32. The Kier molecular flexibility index (Phi) is 6.88. The summed E-state index contributed by atoms with van der Waals surface area (Å²) in [5.41, 5.74) is 19.6. The Labute approximate surface area is 331 Å². The molecule has 0 unspecified atom stereocenters. The molecule has 266 valence electrons. The van der Waals surface area contributed by atoms with Crippen molar-refractivity contribution in [3.63, 3.8) is 0 Å². The zero-order chi connectivity index (χ0) is 37.5. The molecule has 0 amide bonds. The zero-order valence-electron chi connectivity index (χ0n) is 31.1. The number of anilines is 3. The number of para-hydroxylation sites is 2. The molecule has 10 aromatic rings. The van der Waals surface area contributed by atoms with Gasteiger partial charge in [0.15, 0.2) is 0 Å². The van der Waals surface area contributed by atoms with Crippen LogP contribution in [0.15, 0.2) is 217 Å². The van der Waals surface area contributed by atoms with E-state index in [2.05, 4.69) is 217 Å². The maximum atomic E-state index is 6.83. The van der Waals surface area contributed by atoms with Crippen LogP contribution in [0.25, 0.3) is 66.4 Å². The standard InChI is InChI=1S/C55H35NO/c1-4-16-36(17-5-1)37-28-30-40(31-29-37)56(39-20-8-3-9-21-39)41-32-33-44-48(34-41)55(46-25-13-10-22-42(46)43-23-11-14-26-47(43)55)49-35-51-54(45-24-12-15-27-50(45)57-51)52(53(44)49)38-18-6-2-7-19-38/h1-35H. The van der Waals surface area contributed by atoms with E-state index in [1.807, 2.05) is 0 Å². The van der Waals surface area contributed by atoms with E-state index in [4.69, 9.17) is 4.42 Å². The number of nitrogens with zero attached hydrogens (tertiary/aromatic N) is 1. The highest BCUT2D eigenvalue weighted by Gasteiger charge is 2.53. The predicted molar refractivity (Wildman–Crippen MR) is 236 cm³/mol. The van der Waals surface area contributed by atoms with E-state index in [1.54, 1.807) is 0 Å². The summed E-state index contributed by atoms with van der Waals surface area (Å²) in [6.07, 6.45) is 0. The van der Waals surface area contributed by atoms with Gasteiger partial charge in [0.05, 0.1) is 5.41 Å². The van der Waals surface area contributed by atoms with E-state index in [0.717, 1.165) is 39.0 Å². The smallest absolute Gasteiger partial charge is 0.136 e. The number of rotatable bonds is 5. The van der Waals surface area contributed by atoms with Gasteiger partial charge < -0.3 is 9.32 Å². The van der Waals surface area contributed by atoms with Crippen molar-refractivity contribution in [1.82, 2.24) is 0 Å². The predicted octanol–water partition coefficient (Wildman–Crippen LogP) is 14.7. The molecule has 0 fully saturated rings. The minimum absolute atomic E-state index is 0.579. The third-order valence-corrected chi connectivity index (χ3v) is 12.3. The summed E-state index contributed by atoms with van der Waals surface area (Å²) in [7, 11) is 0. The Morgan fingerprint density at radius 3 is 1.58 bits per heavy atom. The summed E-state index contributed by atoms with van der Waals surface area (Å²) in [6.45, 7) is 0. The van der Waals surface area contributed by atoms with Crippen LogP contribution in [0.2, 0.25) is 0 Å². The lowest BCUT2D eigenvalue weighted by atomic mass is 9.70. The molecular formula is C55H35NO. The highest BCUT2D eigenvalue weighted by molar-refractivity contribution is 6.18. The molecule has 12 rings (SSSR count). The second-order valence-electron chi connectivity index (χ2n) is 15.2. The van der Waals surface area contributed by atoms with Gasteiger partial charge in [0.2, 0.25) is 0 Å². The highest BCUT2D eigenvalue weighted by Crippen LogP contribution is 2.66. The summed E-state index contributed by atoms with van der Waals surface area (Å²) < 4.78 is 6.83. The molecule has 0 saturated heterocycles. The van der Waals surface area contributed by atoms with Crippen molar-refractivity contribution in [1.29, 1.82) is 0 Å². The summed E-state index contributed by atoms with van der Waals surface area (Å²) in [4.78, 5) is 2.40. The van der Waals surface area contributed by atoms with E-state index < -0.39 is 5.41 Å². The van der Waals surface area contributed by atoms with Gasteiger partial charge in [-0.15, -0.1) is 0 Å². The van der Waals surface area contributed by atoms with Crippen LogP contribution in [0.4, 0.5) is 17.1 Å². The monoisotopic (exact) mass is 725 g/mol. The quantitative estimate of drug-likeness (QED) is 0.176. The molecule has 2 heteroatoms. The number of benzene rings is 9. The van der Waals surface area contributed by atoms with Crippen molar-refractivity contribution in [2.45, 2.75) is 5.41 Å². The molecule has 1 spiro atoms. The molecular weight excluding hydrogens is 691 g/mol. The number of hydrogen-bond acceptors (Lipinski definition) is 2. The van der Waals surface area contributed by atoms with E-state index in [1.165, 1.54) is 66.8 Å². The first kappa shape index (κ1) is 31.9. The molecule has 2 nitrogen and oxygen atoms in total. The van der Waals surface area contributed by atoms with Crippen LogP contribution in [0.3, 0.4) is 0 Å². The van der Waals surface area contributed by atoms with Crippen molar-refractivity contribution < 1.29 is 4.42 Å². The topological polar surface area (TPSA) is 16.4 Å². The van der Waals surface area contributed by atoms with E-state index >= 15 is 0 Å². The van der Waals surface area contributed by atoms with Gasteiger partial charge >= 0.3 is 0 Å². The molecule has 9 aromatic carbocycles. The minimum atomic E-state index is -0.579. The molecule has 1 heterocycles. The van der Waals surface area contributed by atoms with Gasteiger partial charge in [-0.2, -0.15) is 0 Å². The van der Waals surface area contributed by atoms with Gasteiger partial charge in [-0.25, -0.2) is 0 Å². The summed E-state index contributed by atoms with van der Waals surface area (Å²) in [6, 6.07) is 77.3. The van der Waals surface area contributed by atoms with Crippen LogP contribution in [0, 0.1) is 0 Å². The first-order valence-corrected chi connectivity index (χ1v) is 19.7. The highest BCUT2D eigenvalue weighted by atomic mass is 16.3. The lowest BCUT2D eigenvalue weighted by Crippen LogP contribution is -2.26. The van der Waals surface area contributed by atoms with Crippen LogP contribution in [0.5, 0.6) is 0 Å². The third kappa shape index (κ3) is 4.53. The van der Waals surface area contributed by atoms with Crippen LogP contribution in [0.1, 0.15) is 22.3 Å². The fraction of sp³-hybridized carbons (Fsp3) is 0.0182. The van der Waals surface area contributed by atoms with Crippen molar-refractivity contribution in [3.05, 3.63) is 235 Å². The normalized spacial score (nSPS) is 13.1. The lowest BCUT2D eigenvalue weighted by molar-refractivity contribution is 0.666. The molecule has 1 aromatic heterocycles. The van der Waals surface area contributed by atoms with Crippen LogP contribution in [-0.4, -0.2) is 0 Å². The molecule has 57 heavy (non-hydrogen) atoms. The van der Waals surface area contributed by atoms with E-state index in [0.29, 0.717) is 0 Å². The molecule has 0 atom stereocenters. The first-order chi connectivity index (χ1) is 28.3. The Morgan fingerprint density at radius 1 is 0.333 bits per heavy atom. The van der Waals surface area contributed by atoms with Crippen LogP contribution >= 0.6 is 0 Å². The molecule has 0 saturated carbocycles. The maximum absolute atomic E-state index is 6.83. The Morgan fingerprint density at radius 2 is 0.877 bits per heavy atom. The molecule has 2 aliphatic rings. The minimum Gasteiger partial charge on any atom is -0.456 e. The average molecular weight is 726 g/mol. The average Bonchev–Trinajstić information content (AvgIpc) is 3.91. The molecule has 0 radical (unpaired) electrons. The molecule has 2 aliphatic carbocycles. The SMILES string of the molecule is c1ccc(-c2ccc(N(c3ccccc3)c3ccc4c(c3)C3(c5ccccc5-c5ccccc53)c3cc5oc6ccccc6c5c(-c5ccccc5)c3-4)cc2)cc1. The number of furan rings is 1. The number of hydrogen-bond donors (Lipinski definition) is 0. The van der Waals surface area contributed by atoms with E-state index in [-0.39, 0.29) is 0 Å². The van der Waals surface area contributed by atoms with Gasteiger partial charge in [-0.1, -0.05) is 164 Å². The van der Waals surface area contributed by atoms with Crippen molar-refractivity contribution in [3.8, 4) is 44.5 Å². The summed E-state index contributed by atoms with van der Waals surface area (Å²) >= 11 is 0. The second kappa shape index (κ2) is 12.3. The second-order valence-corrected chi connectivity index (χ2v) is 15.2. The third-order valence-electron chi connectivity index (χ3n) is 12.3. The molecule has 0 aliphatic heterocycles. The van der Waals surface area contributed by atoms with Gasteiger partial charge in [0, 0.05) is 33.4 Å². The number of fused-ring (bicyclic) bond motifs is 13. The molecule has 0 N–H and O–H groups in total. The Hall–Kier alpha value is -7.42. The van der Waals surface area contributed by atoms with Gasteiger partial charge in [0.25, 0.3) is 0 Å². The van der Waals surface area contributed by atoms with E-state index in [9.17, 15) is 0 Å². The largest absolute Gasteiger partial charge is 0.456 e. The maximum Gasteiger partial charge on any atom is 0.136 e. The summed E-state index contributed by atoms with van der Waals surface area (Å²) in [5.74, 6) is 0. The van der Waals surface area contributed by atoms with Gasteiger partial charge in [0.1, 0.15) is 11.2 Å². The zero-order valence-corrected chi connectivity index (χ0v) is 31.1. The van der Waals surface area contributed by atoms with Gasteiger partial charge in [-0.3, -0.25) is 0 Å². The first-order valence-electron chi connectivity index (χ1n) is 19.7. The van der Waals surface area contributed by atoms with Crippen molar-refractivity contribution in [2.24, 2.45) is 0 Å². The van der Waals surface area contributed by atoms with Crippen molar-refractivity contribution in [2.75, 3.05) is 4.90 Å². The fourth-order valence-electron chi connectivity index (χ4n) is 9.97. The Bertz CT molecular complexity index is 3120. The van der Waals surface area contributed by atoms with Crippen LogP contribution in [-0.2, 0) is 5.41 Å². The Balaban J connectivity index is 1.19. The summed E-state index contributed by atoms with van der Waals surface area (Å²) in [5, 5.41) is 2.29. The van der Waals surface area contributed by atoms with Crippen LogP contribution < -0.4 is 4.90 Å².